The Hall–Kier alpha value is 0.700. The SMILES string of the molecule is ClC1=C(Cl)[C@@]2(Cl)[C@@H](c3ccccc3)C[C@]1(Cl)C2(Cl)Cl. The Bertz CT molecular complexity index is 566. The Labute approximate surface area is 141 Å². The van der Waals surface area contributed by atoms with E-state index in [1.54, 1.807) is 0 Å². The zero-order chi connectivity index (χ0) is 14.1. The molecule has 6 heteroatoms. The van der Waals surface area contributed by atoms with E-state index in [0.29, 0.717) is 6.42 Å². The molecule has 0 saturated heterocycles. The van der Waals surface area contributed by atoms with Crippen LogP contribution in [0.15, 0.2) is 40.4 Å². The van der Waals surface area contributed by atoms with Crippen LogP contribution in [0.1, 0.15) is 17.9 Å². The van der Waals surface area contributed by atoms with Gasteiger partial charge in [-0.25, -0.2) is 0 Å². The van der Waals surface area contributed by atoms with Crippen LogP contribution >= 0.6 is 69.6 Å². The second kappa shape index (κ2) is 4.35. The number of allylic oxidation sites excluding steroid dienone is 2. The maximum Gasteiger partial charge on any atom is 0.166 e. The van der Waals surface area contributed by atoms with Crippen molar-refractivity contribution in [1.82, 2.24) is 0 Å². The average Bonchev–Trinajstić information content (AvgIpc) is 2.62. The summed E-state index contributed by atoms with van der Waals surface area (Å²) < 4.78 is -1.45. The molecule has 1 aromatic carbocycles. The van der Waals surface area contributed by atoms with E-state index < -0.39 is 14.1 Å². The van der Waals surface area contributed by atoms with Crippen molar-refractivity contribution in [2.24, 2.45) is 0 Å². The second-order valence-corrected chi connectivity index (χ2v) is 8.21. The van der Waals surface area contributed by atoms with E-state index in [9.17, 15) is 0 Å². The van der Waals surface area contributed by atoms with Gasteiger partial charge in [0.1, 0.15) is 9.75 Å². The largest absolute Gasteiger partial charge is 0.166 e. The van der Waals surface area contributed by atoms with Crippen LogP contribution < -0.4 is 0 Å². The quantitative estimate of drug-likeness (QED) is 0.527. The van der Waals surface area contributed by atoms with Gasteiger partial charge in [-0.1, -0.05) is 76.7 Å². The minimum absolute atomic E-state index is 0.183. The van der Waals surface area contributed by atoms with Gasteiger partial charge < -0.3 is 0 Å². The topological polar surface area (TPSA) is 0 Å². The molecule has 2 aliphatic carbocycles. The summed E-state index contributed by atoms with van der Waals surface area (Å²) in [4.78, 5) is -2.34. The van der Waals surface area contributed by atoms with Gasteiger partial charge in [0.25, 0.3) is 0 Å². The molecule has 0 spiro atoms. The molecule has 102 valence electrons. The van der Waals surface area contributed by atoms with E-state index in [1.165, 1.54) is 0 Å². The van der Waals surface area contributed by atoms with E-state index in [1.807, 2.05) is 30.3 Å². The molecule has 0 radical (unpaired) electrons. The van der Waals surface area contributed by atoms with Crippen molar-refractivity contribution in [1.29, 1.82) is 0 Å². The molecule has 1 aromatic rings. The van der Waals surface area contributed by atoms with Crippen molar-refractivity contribution >= 4 is 69.6 Å². The van der Waals surface area contributed by atoms with Gasteiger partial charge in [0.15, 0.2) is 4.33 Å². The minimum Gasteiger partial charge on any atom is -0.110 e. The third kappa shape index (κ3) is 1.57. The van der Waals surface area contributed by atoms with E-state index >= 15 is 0 Å². The minimum atomic E-state index is -1.45. The molecule has 1 fully saturated rings. The highest BCUT2D eigenvalue weighted by molar-refractivity contribution is 6.65. The first kappa shape index (κ1) is 14.6. The number of hydrogen-bond acceptors (Lipinski definition) is 0. The number of benzene rings is 1. The van der Waals surface area contributed by atoms with E-state index in [4.69, 9.17) is 69.6 Å². The first-order valence-corrected chi connectivity index (χ1v) is 7.90. The summed E-state index contributed by atoms with van der Waals surface area (Å²) >= 11 is 38.6. The number of halogens is 6. The summed E-state index contributed by atoms with van der Waals surface area (Å²) in [5.74, 6) is -0.183. The lowest BCUT2D eigenvalue weighted by Crippen LogP contribution is -2.43. The van der Waals surface area contributed by atoms with E-state index in [0.717, 1.165) is 5.56 Å². The first-order valence-electron chi connectivity index (χ1n) is 5.63. The normalized spacial score (nSPS) is 40.0. The second-order valence-electron chi connectivity index (χ2n) is 4.88. The summed E-state index contributed by atoms with van der Waals surface area (Å²) in [6.07, 6.45) is 0.449. The summed E-state index contributed by atoms with van der Waals surface area (Å²) in [6.45, 7) is 0. The molecular weight excluding hydrogens is 369 g/mol. The molecule has 3 atom stereocenters. The predicted molar refractivity (Wildman–Crippen MR) is 84.1 cm³/mol. The molecule has 0 amide bonds. The fourth-order valence-electron chi connectivity index (χ4n) is 2.94. The van der Waals surface area contributed by atoms with Crippen LogP contribution in [-0.2, 0) is 0 Å². The smallest absolute Gasteiger partial charge is 0.110 e. The van der Waals surface area contributed by atoms with Gasteiger partial charge in [-0.3, -0.25) is 0 Å². The molecule has 0 heterocycles. The summed E-state index contributed by atoms with van der Waals surface area (Å²) in [5, 5.41) is 0.499. The zero-order valence-electron chi connectivity index (χ0n) is 9.44. The van der Waals surface area contributed by atoms with Crippen molar-refractivity contribution in [2.45, 2.75) is 26.4 Å². The predicted octanol–water partition coefficient (Wildman–Crippen LogP) is 6.01. The third-order valence-electron chi connectivity index (χ3n) is 3.98. The lowest BCUT2D eigenvalue weighted by atomic mass is 9.86. The number of fused-ring (bicyclic) bond motifs is 2. The van der Waals surface area contributed by atoms with Crippen molar-refractivity contribution in [3.63, 3.8) is 0 Å². The molecule has 0 aliphatic heterocycles. The monoisotopic (exact) mass is 374 g/mol. The fraction of sp³-hybridized carbons (Fsp3) is 0.385. The highest BCUT2D eigenvalue weighted by atomic mass is 35.5. The van der Waals surface area contributed by atoms with Gasteiger partial charge >= 0.3 is 0 Å². The van der Waals surface area contributed by atoms with Crippen molar-refractivity contribution in [2.75, 3.05) is 0 Å². The molecule has 0 nitrogen and oxygen atoms in total. The van der Waals surface area contributed by atoms with Gasteiger partial charge in [-0.15, -0.1) is 23.2 Å². The molecule has 1 saturated carbocycles. The Morgan fingerprint density at radius 2 is 1.47 bits per heavy atom. The highest BCUT2D eigenvalue weighted by Crippen LogP contribution is 2.76. The molecule has 19 heavy (non-hydrogen) atoms. The van der Waals surface area contributed by atoms with Gasteiger partial charge in [-0.2, -0.15) is 0 Å². The van der Waals surface area contributed by atoms with Crippen LogP contribution in [0.25, 0.3) is 0 Å². The first-order chi connectivity index (χ1) is 8.77. The summed E-state index contributed by atoms with van der Waals surface area (Å²) in [5.41, 5.74) is 0.994. The summed E-state index contributed by atoms with van der Waals surface area (Å²) in [7, 11) is 0. The third-order valence-corrected chi connectivity index (χ3v) is 8.26. The van der Waals surface area contributed by atoms with Gasteiger partial charge in [-0.05, 0) is 12.0 Å². The van der Waals surface area contributed by atoms with Crippen LogP contribution in [0, 0.1) is 0 Å². The highest BCUT2D eigenvalue weighted by Gasteiger charge is 2.78. The summed E-state index contributed by atoms with van der Waals surface area (Å²) in [6, 6.07) is 9.68. The van der Waals surface area contributed by atoms with E-state index in [-0.39, 0.29) is 16.0 Å². The molecule has 0 aromatic heterocycles. The van der Waals surface area contributed by atoms with Crippen LogP contribution in [0.5, 0.6) is 0 Å². The fourth-order valence-corrected chi connectivity index (χ4v) is 5.74. The number of alkyl halides is 4. The van der Waals surface area contributed by atoms with Crippen LogP contribution in [0.2, 0.25) is 0 Å². The van der Waals surface area contributed by atoms with E-state index in [2.05, 4.69) is 0 Å². The van der Waals surface area contributed by atoms with Crippen molar-refractivity contribution in [3.8, 4) is 0 Å². The lowest BCUT2D eigenvalue weighted by Gasteiger charge is -2.34. The van der Waals surface area contributed by atoms with Gasteiger partial charge in [0.05, 0.1) is 10.1 Å². The Morgan fingerprint density at radius 3 is 1.95 bits per heavy atom. The molecule has 0 N–H and O–H groups in total. The van der Waals surface area contributed by atoms with Crippen LogP contribution in [0.4, 0.5) is 0 Å². The lowest BCUT2D eigenvalue weighted by molar-refractivity contribution is 0.601. The molecule has 2 bridgehead atoms. The van der Waals surface area contributed by atoms with Crippen LogP contribution in [0.3, 0.4) is 0 Å². The number of rotatable bonds is 1. The zero-order valence-corrected chi connectivity index (χ0v) is 14.0. The maximum absolute atomic E-state index is 6.70. The Balaban J connectivity index is 2.20. The standard InChI is InChI=1S/C13H8Cl6/c14-9-10(15)12(17)8(7-4-2-1-3-5-7)6-11(9,16)13(12,18)19/h1-5,8H,6H2/t8-,11-,12+/m1/s1. The molecular formula is C13H8Cl6. The average molecular weight is 377 g/mol. The van der Waals surface area contributed by atoms with Gasteiger partial charge in [0.2, 0.25) is 0 Å². The Morgan fingerprint density at radius 1 is 0.895 bits per heavy atom. The van der Waals surface area contributed by atoms with Crippen LogP contribution in [-0.4, -0.2) is 14.1 Å². The van der Waals surface area contributed by atoms with Gasteiger partial charge in [0, 0.05) is 5.92 Å². The number of hydrogen-bond donors (Lipinski definition) is 0. The molecule has 0 unspecified atom stereocenters. The maximum atomic E-state index is 6.70. The van der Waals surface area contributed by atoms with Crippen molar-refractivity contribution in [3.05, 3.63) is 46.0 Å². The molecule has 3 rings (SSSR count). The Kier molecular flexibility index (Phi) is 3.35. The van der Waals surface area contributed by atoms with Crippen molar-refractivity contribution < 1.29 is 0 Å². The molecule has 2 aliphatic rings.